The van der Waals surface area contributed by atoms with Crippen LogP contribution in [0, 0.1) is 0 Å². The molecule has 0 aliphatic carbocycles. The molecule has 2 aromatic rings. The summed E-state index contributed by atoms with van der Waals surface area (Å²) in [5.41, 5.74) is 5.10. The predicted octanol–water partition coefficient (Wildman–Crippen LogP) is 10.3. The van der Waals surface area contributed by atoms with E-state index in [1.165, 1.54) is 0 Å². The molecule has 0 unspecified atom stereocenters. The summed E-state index contributed by atoms with van der Waals surface area (Å²) in [6.07, 6.45) is 7.41. The molecule has 0 atom stereocenters. The zero-order valence-corrected chi connectivity index (χ0v) is 31.2. The standard InChI is InChI=1S/C41H64O5/c1-38(2,3)31-24-28(25-32(36(31)44)39(4,5)6)19-21-30(42)18-16-14-13-15-17-23-46-35(43)22-20-29-26-33(40(7,8)9)37(45)34(27-29)41(10,11)12/h24-27,44-45H,13-23H2,1-12H3. The van der Waals surface area contributed by atoms with Crippen molar-refractivity contribution in [2.24, 2.45) is 0 Å². The van der Waals surface area contributed by atoms with Gasteiger partial charge >= 0.3 is 5.97 Å². The molecule has 0 fully saturated rings. The van der Waals surface area contributed by atoms with Gasteiger partial charge in [0, 0.05) is 19.3 Å². The van der Waals surface area contributed by atoms with Crippen LogP contribution in [0.15, 0.2) is 24.3 Å². The molecule has 0 radical (unpaired) electrons. The number of benzene rings is 2. The van der Waals surface area contributed by atoms with E-state index in [2.05, 4.69) is 95.2 Å². The van der Waals surface area contributed by atoms with Gasteiger partial charge in [-0.1, -0.05) is 127 Å². The number of unbranched alkanes of at least 4 members (excludes halogenated alkanes) is 4. The average Bonchev–Trinajstić information content (AvgIpc) is 2.90. The van der Waals surface area contributed by atoms with Crippen LogP contribution < -0.4 is 0 Å². The molecule has 0 aromatic heterocycles. The molecular weight excluding hydrogens is 572 g/mol. The summed E-state index contributed by atoms with van der Waals surface area (Å²) in [5, 5.41) is 21.9. The van der Waals surface area contributed by atoms with Crippen molar-refractivity contribution >= 4 is 11.8 Å². The van der Waals surface area contributed by atoms with Gasteiger partial charge in [-0.25, -0.2) is 0 Å². The summed E-state index contributed by atoms with van der Waals surface area (Å²) in [6.45, 7) is 25.6. The van der Waals surface area contributed by atoms with E-state index in [4.69, 9.17) is 4.74 Å². The summed E-state index contributed by atoms with van der Waals surface area (Å²) in [5.74, 6) is 0.832. The number of ether oxygens (including phenoxy) is 1. The van der Waals surface area contributed by atoms with Crippen LogP contribution in [0.1, 0.15) is 168 Å². The summed E-state index contributed by atoms with van der Waals surface area (Å²) >= 11 is 0. The van der Waals surface area contributed by atoms with E-state index in [-0.39, 0.29) is 33.4 Å². The van der Waals surface area contributed by atoms with E-state index in [0.29, 0.717) is 50.2 Å². The van der Waals surface area contributed by atoms with Crippen LogP contribution >= 0.6 is 0 Å². The van der Waals surface area contributed by atoms with Gasteiger partial charge in [-0.15, -0.1) is 0 Å². The molecule has 0 saturated carbocycles. The van der Waals surface area contributed by atoms with Gasteiger partial charge in [-0.05, 0) is 80.7 Å². The van der Waals surface area contributed by atoms with E-state index < -0.39 is 0 Å². The number of phenols is 2. The molecule has 2 N–H and O–H groups in total. The molecule has 0 spiro atoms. The fourth-order valence-corrected chi connectivity index (χ4v) is 5.83. The number of phenolic OH excluding ortho intramolecular Hbond substituents is 2. The first-order valence-electron chi connectivity index (χ1n) is 17.4. The van der Waals surface area contributed by atoms with Crippen molar-refractivity contribution in [2.45, 2.75) is 169 Å². The quantitative estimate of drug-likeness (QED) is 0.159. The van der Waals surface area contributed by atoms with Crippen LogP contribution in [0.25, 0.3) is 0 Å². The van der Waals surface area contributed by atoms with Crippen molar-refractivity contribution in [3.8, 4) is 11.5 Å². The topological polar surface area (TPSA) is 83.8 Å². The Balaban J connectivity index is 1.71. The molecule has 258 valence electrons. The lowest BCUT2D eigenvalue weighted by Gasteiger charge is -2.28. The largest absolute Gasteiger partial charge is 0.507 e. The van der Waals surface area contributed by atoms with E-state index in [1.54, 1.807) is 0 Å². The van der Waals surface area contributed by atoms with Crippen molar-refractivity contribution < 1.29 is 24.5 Å². The molecule has 5 nitrogen and oxygen atoms in total. The van der Waals surface area contributed by atoms with Gasteiger partial charge in [-0.2, -0.15) is 0 Å². The molecule has 0 aliphatic rings. The van der Waals surface area contributed by atoms with Crippen LogP contribution in [0.3, 0.4) is 0 Å². The number of ketones is 1. The van der Waals surface area contributed by atoms with Gasteiger partial charge in [0.2, 0.25) is 0 Å². The van der Waals surface area contributed by atoms with Crippen LogP contribution in [-0.4, -0.2) is 28.6 Å². The van der Waals surface area contributed by atoms with E-state index in [9.17, 15) is 19.8 Å². The van der Waals surface area contributed by atoms with E-state index in [0.717, 1.165) is 65.5 Å². The minimum absolute atomic E-state index is 0.177. The Morgan fingerprint density at radius 1 is 0.522 bits per heavy atom. The van der Waals surface area contributed by atoms with Crippen LogP contribution in [-0.2, 0) is 48.8 Å². The minimum Gasteiger partial charge on any atom is -0.507 e. The number of aryl methyl sites for hydroxylation is 2. The minimum atomic E-state index is -0.200. The Bertz CT molecular complexity index is 1150. The highest BCUT2D eigenvalue weighted by atomic mass is 16.5. The van der Waals surface area contributed by atoms with Crippen LogP contribution in [0.5, 0.6) is 11.5 Å². The number of aromatic hydroxyl groups is 2. The number of carbonyl (C=O) groups is 2. The molecule has 5 heteroatoms. The van der Waals surface area contributed by atoms with Crippen molar-refractivity contribution in [1.29, 1.82) is 0 Å². The molecule has 0 aliphatic heterocycles. The number of hydrogen-bond donors (Lipinski definition) is 2. The molecule has 0 bridgehead atoms. The lowest BCUT2D eigenvalue weighted by molar-refractivity contribution is -0.143. The Kier molecular flexibility index (Phi) is 13.6. The third kappa shape index (κ3) is 12.1. The highest BCUT2D eigenvalue weighted by molar-refractivity contribution is 5.78. The third-order valence-corrected chi connectivity index (χ3v) is 8.74. The fraction of sp³-hybridized carbons (Fsp3) is 0.659. The van der Waals surface area contributed by atoms with Gasteiger partial charge < -0.3 is 14.9 Å². The number of carbonyl (C=O) groups excluding carboxylic acids is 2. The van der Waals surface area contributed by atoms with E-state index in [1.807, 2.05) is 12.1 Å². The van der Waals surface area contributed by atoms with Crippen molar-refractivity contribution in [3.05, 3.63) is 57.6 Å². The van der Waals surface area contributed by atoms with Crippen LogP contribution in [0.2, 0.25) is 0 Å². The zero-order chi connectivity index (χ0) is 35.1. The fourth-order valence-electron chi connectivity index (χ4n) is 5.83. The number of esters is 1. The maximum atomic E-state index is 12.7. The van der Waals surface area contributed by atoms with Gasteiger partial charge in [0.05, 0.1) is 6.61 Å². The Labute approximate surface area is 280 Å². The molecule has 46 heavy (non-hydrogen) atoms. The first kappa shape index (κ1) is 39.4. The van der Waals surface area contributed by atoms with Gasteiger partial charge in [0.15, 0.2) is 0 Å². The first-order chi connectivity index (χ1) is 21.0. The number of Topliss-reactive ketones (excluding diaryl/α,β-unsaturated/α-hetero) is 1. The summed E-state index contributed by atoms with van der Waals surface area (Å²) in [6, 6.07) is 8.20. The van der Waals surface area contributed by atoms with Crippen LogP contribution in [0.4, 0.5) is 0 Å². The van der Waals surface area contributed by atoms with Gasteiger partial charge in [-0.3, -0.25) is 9.59 Å². The second-order valence-electron chi connectivity index (χ2n) is 17.4. The third-order valence-electron chi connectivity index (χ3n) is 8.74. The SMILES string of the molecule is CC(C)(C)c1cc(CCC(=O)CCCCCCCOC(=O)CCc2cc(C(C)(C)C)c(O)c(C(C)(C)C)c2)cc(C(C)(C)C)c1O. The van der Waals surface area contributed by atoms with Gasteiger partial charge in [0.25, 0.3) is 0 Å². The molecule has 0 saturated heterocycles. The van der Waals surface area contributed by atoms with Gasteiger partial charge in [0.1, 0.15) is 17.3 Å². The van der Waals surface area contributed by atoms with Crippen molar-refractivity contribution in [3.63, 3.8) is 0 Å². The highest BCUT2D eigenvalue weighted by Crippen LogP contribution is 2.41. The predicted molar refractivity (Wildman–Crippen MR) is 191 cm³/mol. The second-order valence-corrected chi connectivity index (χ2v) is 17.4. The summed E-state index contributed by atoms with van der Waals surface area (Å²) < 4.78 is 5.51. The normalized spacial score (nSPS) is 12.8. The Morgan fingerprint density at radius 3 is 1.26 bits per heavy atom. The average molecular weight is 637 g/mol. The number of rotatable bonds is 14. The smallest absolute Gasteiger partial charge is 0.306 e. The highest BCUT2D eigenvalue weighted by Gasteiger charge is 2.28. The number of hydrogen-bond acceptors (Lipinski definition) is 5. The molecule has 2 rings (SSSR count). The lowest BCUT2D eigenvalue weighted by atomic mass is 9.78. The molecule has 2 aromatic carbocycles. The summed E-state index contributed by atoms with van der Waals surface area (Å²) in [4.78, 5) is 25.1. The lowest BCUT2D eigenvalue weighted by Crippen LogP contribution is -2.18. The monoisotopic (exact) mass is 636 g/mol. The van der Waals surface area contributed by atoms with E-state index >= 15 is 0 Å². The molecule has 0 amide bonds. The summed E-state index contributed by atoms with van der Waals surface area (Å²) in [7, 11) is 0. The molecular formula is C41H64O5. The van der Waals surface area contributed by atoms with Crippen molar-refractivity contribution in [2.75, 3.05) is 6.61 Å². The first-order valence-corrected chi connectivity index (χ1v) is 17.4. The maximum Gasteiger partial charge on any atom is 0.306 e. The van der Waals surface area contributed by atoms with Crippen molar-refractivity contribution in [1.82, 2.24) is 0 Å². The molecule has 0 heterocycles. The Hall–Kier alpha value is -2.82. The Morgan fingerprint density at radius 2 is 0.870 bits per heavy atom. The zero-order valence-electron chi connectivity index (χ0n) is 31.2. The second kappa shape index (κ2) is 15.8. The maximum absolute atomic E-state index is 12.7.